The molecule has 1 aliphatic rings. The van der Waals surface area contributed by atoms with Gasteiger partial charge >= 0.3 is 0 Å². The molecular weight excluding hydrogens is 222 g/mol. The van der Waals surface area contributed by atoms with Crippen LogP contribution >= 0.6 is 0 Å². The van der Waals surface area contributed by atoms with E-state index in [0.717, 1.165) is 28.8 Å². The maximum absolute atomic E-state index is 4.64. The largest absolute Gasteiger partial charge is 0.382 e. The first-order valence-electron chi connectivity index (χ1n) is 6.28. The molecule has 0 fully saturated rings. The van der Waals surface area contributed by atoms with Crippen molar-refractivity contribution in [3.63, 3.8) is 0 Å². The standard InChI is InChI=1S/C15H19N3/c1-4-7-13(16-5-2)15-17-12-9-6-8-11(3)10-14(12)18-15/h4,6-11,16H,1,5H2,2-3H3,(H,17,18)/b13-7-. The van der Waals surface area contributed by atoms with Crippen LogP contribution in [0, 0.1) is 5.92 Å². The third kappa shape index (κ3) is 2.62. The molecule has 1 aliphatic carbocycles. The summed E-state index contributed by atoms with van der Waals surface area (Å²) in [5.74, 6) is 1.27. The molecule has 1 aromatic rings. The van der Waals surface area contributed by atoms with E-state index in [-0.39, 0.29) is 0 Å². The SMILES string of the molecule is C=C/C=C(\NCC)c1nc2c([nH]1)=CC=CC(C)C=2. The van der Waals surface area contributed by atoms with Gasteiger partial charge in [-0.15, -0.1) is 0 Å². The Labute approximate surface area is 107 Å². The van der Waals surface area contributed by atoms with Gasteiger partial charge in [-0.3, -0.25) is 0 Å². The molecule has 1 unspecified atom stereocenters. The van der Waals surface area contributed by atoms with Crippen LogP contribution in [0.25, 0.3) is 17.8 Å². The Morgan fingerprint density at radius 3 is 3.17 bits per heavy atom. The first kappa shape index (κ1) is 12.4. The summed E-state index contributed by atoms with van der Waals surface area (Å²) < 4.78 is 0. The molecule has 0 aliphatic heterocycles. The minimum absolute atomic E-state index is 0.407. The highest BCUT2D eigenvalue weighted by molar-refractivity contribution is 5.60. The highest BCUT2D eigenvalue weighted by Crippen LogP contribution is 2.04. The van der Waals surface area contributed by atoms with Crippen LogP contribution in [0.15, 0.2) is 30.9 Å². The van der Waals surface area contributed by atoms with E-state index in [0.29, 0.717) is 5.92 Å². The summed E-state index contributed by atoms with van der Waals surface area (Å²) in [6, 6.07) is 0. The number of aromatic amines is 1. The second kappa shape index (κ2) is 5.54. The second-order valence-corrected chi connectivity index (χ2v) is 4.31. The van der Waals surface area contributed by atoms with Crippen molar-refractivity contribution in [2.24, 2.45) is 5.92 Å². The van der Waals surface area contributed by atoms with Crippen molar-refractivity contribution in [2.45, 2.75) is 13.8 Å². The van der Waals surface area contributed by atoms with Gasteiger partial charge in [0.25, 0.3) is 0 Å². The van der Waals surface area contributed by atoms with Gasteiger partial charge in [0.1, 0.15) is 0 Å². The van der Waals surface area contributed by atoms with Gasteiger partial charge in [0.15, 0.2) is 5.82 Å². The number of H-pyrrole nitrogens is 1. The number of fused-ring (bicyclic) bond motifs is 1. The van der Waals surface area contributed by atoms with E-state index in [1.807, 2.05) is 6.08 Å². The second-order valence-electron chi connectivity index (χ2n) is 4.31. The Bertz CT molecular complexity index is 602. The Balaban J connectivity index is 2.50. The first-order chi connectivity index (χ1) is 8.74. The Morgan fingerprint density at radius 1 is 1.61 bits per heavy atom. The summed E-state index contributed by atoms with van der Waals surface area (Å²) in [7, 11) is 0. The molecule has 94 valence electrons. The lowest BCUT2D eigenvalue weighted by molar-refractivity contribution is 0.921. The number of nitrogens with one attached hydrogen (secondary N) is 2. The number of hydrogen-bond acceptors (Lipinski definition) is 2. The van der Waals surface area contributed by atoms with Crippen molar-refractivity contribution in [1.82, 2.24) is 15.3 Å². The molecule has 0 radical (unpaired) electrons. The molecule has 1 heterocycles. The van der Waals surface area contributed by atoms with Gasteiger partial charge in [-0.25, -0.2) is 4.98 Å². The summed E-state index contributed by atoms with van der Waals surface area (Å²) in [4.78, 5) is 7.97. The zero-order chi connectivity index (χ0) is 13.0. The number of aromatic nitrogens is 2. The minimum atomic E-state index is 0.407. The maximum atomic E-state index is 4.64. The van der Waals surface area contributed by atoms with Gasteiger partial charge in [-0.1, -0.05) is 31.7 Å². The molecule has 18 heavy (non-hydrogen) atoms. The van der Waals surface area contributed by atoms with E-state index >= 15 is 0 Å². The van der Waals surface area contributed by atoms with Crippen LogP contribution in [0.1, 0.15) is 19.7 Å². The number of imidazole rings is 1. The zero-order valence-electron chi connectivity index (χ0n) is 10.9. The third-order valence-corrected chi connectivity index (χ3v) is 2.77. The van der Waals surface area contributed by atoms with E-state index < -0.39 is 0 Å². The molecule has 2 rings (SSSR count). The van der Waals surface area contributed by atoms with Gasteiger partial charge in [0, 0.05) is 6.54 Å². The van der Waals surface area contributed by atoms with Crippen LogP contribution in [0.4, 0.5) is 0 Å². The summed E-state index contributed by atoms with van der Waals surface area (Å²) in [5, 5.41) is 5.35. The Morgan fingerprint density at radius 2 is 2.44 bits per heavy atom. The average molecular weight is 241 g/mol. The highest BCUT2D eigenvalue weighted by atomic mass is 15.0. The topological polar surface area (TPSA) is 40.7 Å². The molecule has 0 aromatic carbocycles. The lowest BCUT2D eigenvalue weighted by atomic mass is 10.2. The zero-order valence-corrected chi connectivity index (χ0v) is 10.9. The Kier molecular flexibility index (Phi) is 3.82. The summed E-state index contributed by atoms with van der Waals surface area (Å²) >= 11 is 0. The van der Waals surface area contributed by atoms with Crippen LogP contribution in [-0.2, 0) is 0 Å². The summed E-state index contributed by atoms with van der Waals surface area (Å²) in [6.07, 6.45) is 12.1. The predicted octanol–water partition coefficient (Wildman–Crippen LogP) is 1.31. The number of allylic oxidation sites excluding steroid dienone is 4. The van der Waals surface area contributed by atoms with Crippen molar-refractivity contribution in [3.8, 4) is 0 Å². The van der Waals surface area contributed by atoms with Crippen molar-refractivity contribution in [3.05, 3.63) is 47.4 Å². The molecule has 0 amide bonds. The lowest BCUT2D eigenvalue weighted by Crippen LogP contribution is -2.23. The highest BCUT2D eigenvalue weighted by Gasteiger charge is 2.05. The van der Waals surface area contributed by atoms with Crippen molar-refractivity contribution in [2.75, 3.05) is 6.54 Å². The molecule has 1 aromatic heterocycles. The quantitative estimate of drug-likeness (QED) is 0.780. The normalized spacial score (nSPS) is 18.3. The average Bonchev–Trinajstić information content (AvgIpc) is 2.64. The maximum Gasteiger partial charge on any atom is 0.154 e. The van der Waals surface area contributed by atoms with E-state index in [1.54, 1.807) is 6.08 Å². The summed E-state index contributed by atoms with van der Waals surface area (Å²) in [6.45, 7) is 8.80. The van der Waals surface area contributed by atoms with E-state index in [1.165, 1.54) is 0 Å². The van der Waals surface area contributed by atoms with Gasteiger partial charge in [-0.05, 0) is 31.1 Å². The predicted molar refractivity (Wildman–Crippen MR) is 76.9 cm³/mol. The molecule has 0 bridgehead atoms. The minimum Gasteiger partial charge on any atom is -0.382 e. The van der Waals surface area contributed by atoms with E-state index in [9.17, 15) is 0 Å². The van der Waals surface area contributed by atoms with Crippen LogP contribution < -0.4 is 16.0 Å². The lowest BCUT2D eigenvalue weighted by Gasteiger charge is -2.04. The molecule has 3 nitrogen and oxygen atoms in total. The van der Waals surface area contributed by atoms with Crippen LogP contribution in [0.3, 0.4) is 0 Å². The van der Waals surface area contributed by atoms with E-state index in [4.69, 9.17) is 0 Å². The monoisotopic (exact) mass is 241 g/mol. The third-order valence-electron chi connectivity index (χ3n) is 2.77. The molecular formula is C15H19N3. The molecule has 0 saturated carbocycles. The smallest absolute Gasteiger partial charge is 0.154 e. The fourth-order valence-corrected chi connectivity index (χ4v) is 1.94. The number of rotatable bonds is 4. The molecule has 0 spiro atoms. The van der Waals surface area contributed by atoms with Crippen LogP contribution in [0.5, 0.6) is 0 Å². The van der Waals surface area contributed by atoms with Gasteiger partial charge in [0.05, 0.1) is 16.4 Å². The fourth-order valence-electron chi connectivity index (χ4n) is 1.94. The van der Waals surface area contributed by atoms with Gasteiger partial charge in [-0.2, -0.15) is 0 Å². The summed E-state index contributed by atoms with van der Waals surface area (Å²) in [5.41, 5.74) is 0.971. The molecule has 1 atom stereocenters. The number of nitrogens with zero attached hydrogens (tertiary/aromatic N) is 1. The van der Waals surface area contributed by atoms with Crippen molar-refractivity contribution < 1.29 is 0 Å². The van der Waals surface area contributed by atoms with Crippen LogP contribution in [-0.4, -0.2) is 16.5 Å². The molecule has 2 N–H and O–H groups in total. The molecule has 3 heteroatoms. The van der Waals surface area contributed by atoms with Crippen LogP contribution in [0.2, 0.25) is 0 Å². The number of hydrogen-bond donors (Lipinski definition) is 2. The fraction of sp³-hybridized carbons (Fsp3) is 0.267. The van der Waals surface area contributed by atoms with E-state index in [2.05, 4.69) is 60.0 Å². The molecule has 0 saturated heterocycles. The van der Waals surface area contributed by atoms with Crippen molar-refractivity contribution >= 4 is 17.8 Å². The Hall–Kier alpha value is -2.03. The van der Waals surface area contributed by atoms with Crippen molar-refractivity contribution in [1.29, 1.82) is 0 Å². The van der Waals surface area contributed by atoms with Gasteiger partial charge < -0.3 is 10.3 Å². The van der Waals surface area contributed by atoms with Gasteiger partial charge in [0.2, 0.25) is 0 Å². The first-order valence-corrected chi connectivity index (χ1v) is 6.28.